The highest BCUT2D eigenvalue weighted by molar-refractivity contribution is 5.27. The van der Waals surface area contributed by atoms with Gasteiger partial charge in [-0.25, -0.2) is 0 Å². The van der Waals surface area contributed by atoms with Crippen molar-refractivity contribution in [2.75, 3.05) is 0 Å². The third kappa shape index (κ3) is 5.73. The summed E-state index contributed by atoms with van der Waals surface area (Å²) in [4.78, 5) is 0. The Morgan fingerprint density at radius 1 is 1.27 bits per heavy atom. The molecule has 0 fully saturated rings. The van der Waals surface area contributed by atoms with Crippen molar-refractivity contribution in [2.24, 2.45) is 0 Å². The zero-order chi connectivity index (χ0) is 8.53. The van der Waals surface area contributed by atoms with Crippen LogP contribution in [0.5, 0.6) is 0 Å². The molecule has 0 saturated heterocycles. The molecule has 0 saturated carbocycles. The molecule has 0 heteroatoms. The molecule has 0 spiro atoms. The van der Waals surface area contributed by atoms with Gasteiger partial charge in [-0.15, -0.1) is 0 Å². The highest BCUT2D eigenvalue weighted by atomic mass is 13.9. The summed E-state index contributed by atoms with van der Waals surface area (Å²) in [7, 11) is 0. The summed E-state index contributed by atoms with van der Waals surface area (Å²) in [6, 6.07) is 0. The Labute approximate surface area is 70.7 Å². The maximum absolute atomic E-state index is 3.18. The average molecular weight is 150 g/mol. The normalized spacial score (nSPS) is 10.6. The van der Waals surface area contributed by atoms with Crippen LogP contribution in [-0.2, 0) is 0 Å². The minimum absolute atomic E-state index is 1.03. The lowest BCUT2D eigenvalue weighted by Gasteiger charge is -1.90. The van der Waals surface area contributed by atoms with Gasteiger partial charge in [-0.05, 0) is 24.8 Å². The predicted octanol–water partition coefficient (Wildman–Crippen LogP) is 3.54. The monoisotopic (exact) mass is 150 g/mol. The Balaban J connectivity index is 3.89. The number of allylic oxidation sites excluding steroid dienone is 2. The Morgan fingerprint density at radius 3 is 2.45 bits per heavy atom. The fourth-order valence-electron chi connectivity index (χ4n) is 0.831. The Hall–Kier alpha value is -0.700. The number of unbranched alkanes of at least 4 members (excludes halogenated alkanes) is 1. The lowest BCUT2D eigenvalue weighted by molar-refractivity contribution is 0.982. The third-order valence-corrected chi connectivity index (χ3v) is 1.46. The largest absolute Gasteiger partial charge is 0.0983 e. The van der Waals surface area contributed by atoms with E-state index in [-0.39, 0.29) is 0 Å². The van der Waals surface area contributed by atoms with Gasteiger partial charge in [-0.3, -0.25) is 0 Å². The summed E-state index contributed by atoms with van der Waals surface area (Å²) in [5.74, 6) is 6.33. The van der Waals surface area contributed by atoms with Crippen LogP contribution in [0.3, 0.4) is 0 Å². The van der Waals surface area contributed by atoms with E-state index in [0.717, 1.165) is 25.7 Å². The van der Waals surface area contributed by atoms with Crippen LogP contribution < -0.4 is 0 Å². The van der Waals surface area contributed by atoms with Crippen molar-refractivity contribution in [3.8, 4) is 11.8 Å². The van der Waals surface area contributed by atoms with E-state index in [1.54, 1.807) is 0 Å². The topological polar surface area (TPSA) is 0 Å². The van der Waals surface area contributed by atoms with Crippen LogP contribution >= 0.6 is 0 Å². The van der Waals surface area contributed by atoms with Crippen molar-refractivity contribution in [3.63, 3.8) is 0 Å². The van der Waals surface area contributed by atoms with E-state index < -0.39 is 0 Å². The smallest absolute Gasteiger partial charge is 0.00897 e. The molecule has 0 nitrogen and oxygen atoms in total. The van der Waals surface area contributed by atoms with Gasteiger partial charge in [-0.2, -0.15) is 0 Å². The van der Waals surface area contributed by atoms with Gasteiger partial charge in [0.25, 0.3) is 0 Å². The molecule has 0 aromatic rings. The minimum Gasteiger partial charge on any atom is -0.0983 e. The van der Waals surface area contributed by atoms with Crippen molar-refractivity contribution in [2.45, 2.75) is 46.5 Å². The predicted molar refractivity (Wildman–Crippen MR) is 51.3 cm³/mol. The number of rotatable bonds is 3. The second-order valence-corrected chi connectivity index (χ2v) is 2.54. The summed E-state index contributed by atoms with van der Waals surface area (Å²) in [6.45, 7) is 6.46. The van der Waals surface area contributed by atoms with Crippen LogP contribution in [0, 0.1) is 11.8 Å². The van der Waals surface area contributed by atoms with Gasteiger partial charge < -0.3 is 0 Å². The maximum atomic E-state index is 3.18. The van der Waals surface area contributed by atoms with Gasteiger partial charge in [0.2, 0.25) is 0 Å². The zero-order valence-electron chi connectivity index (χ0n) is 7.91. The molecule has 0 unspecified atom stereocenters. The Morgan fingerprint density at radius 2 is 2.00 bits per heavy atom. The molecular weight excluding hydrogens is 132 g/mol. The lowest BCUT2D eigenvalue weighted by atomic mass is 10.1. The van der Waals surface area contributed by atoms with Gasteiger partial charge in [0, 0.05) is 6.42 Å². The molecule has 0 atom stereocenters. The lowest BCUT2D eigenvalue weighted by Crippen LogP contribution is -1.74. The molecule has 0 aliphatic heterocycles. The molecule has 0 amide bonds. The first kappa shape index (κ1) is 10.3. The van der Waals surface area contributed by atoms with E-state index in [4.69, 9.17) is 0 Å². The molecule has 11 heavy (non-hydrogen) atoms. The Kier molecular flexibility index (Phi) is 6.94. The maximum Gasteiger partial charge on any atom is 0.00897 e. The summed E-state index contributed by atoms with van der Waals surface area (Å²) < 4.78 is 0. The first-order valence-electron chi connectivity index (χ1n) is 4.53. The quantitative estimate of drug-likeness (QED) is 0.540. The van der Waals surface area contributed by atoms with Gasteiger partial charge in [0.15, 0.2) is 0 Å². The van der Waals surface area contributed by atoms with Crippen LogP contribution in [-0.4, -0.2) is 0 Å². The van der Waals surface area contributed by atoms with Crippen molar-refractivity contribution >= 4 is 0 Å². The van der Waals surface area contributed by atoms with E-state index in [0.29, 0.717) is 0 Å². The molecule has 0 aliphatic carbocycles. The summed E-state index contributed by atoms with van der Waals surface area (Å²) in [5.41, 5.74) is 1.29. The third-order valence-electron chi connectivity index (χ3n) is 1.46. The fraction of sp³-hybridized carbons (Fsp3) is 0.636. The van der Waals surface area contributed by atoms with Gasteiger partial charge in [-0.1, -0.05) is 38.7 Å². The molecule has 0 heterocycles. The molecule has 0 rings (SSSR count). The number of hydrogen-bond donors (Lipinski definition) is 0. The highest BCUT2D eigenvalue weighted by Gasteiger charge is 1.83. The molecule has 0 bridgehead atoms. The van der Waals surface area contributed by atoms with E-state index in [2.05, 4.69) is 38.7 Å². The highest BCUT2D eigenvalue weighted by Crippen LogP contribution is 1.99. The summed E-state index contributed by atoms with van der Waals surface area (Å²) >= 11 is 0. The van der Waals surface area contributed by atoms with Crippen LogP contribution in [0.2, 0.25) is 0 Å². The van der Waals surface area contributed by atoms with Crippen molar-refractivity contribution in [3.05, 3.63) is 11.6 Å². The summed E-state index contributed by atoms with van der Waals surface area (Å²) in [5, 5.41) is 0. The molecule has 0 N–H and O–H groups in total. The van der Waals surface area contributed by atoms with Crippen LogP contribution in [0.1, 0.15) is 46.5 Å². The van der Waals surface area contributed by atoms with Crippen LogP contribution in [0.25, 0.3) is 0 Å². The zero-order valence-corrected chi connectivity index (χ0v) is 7.91. The first-order valence-corrected chi connectivity index (χ1v) is 4.53. The minimum atomic E-state index is 1.03. The van der Waals surface area contributed by atoms with E-state index >= 15 is 0 Å². The second-order valence-electron chi connectivity index (χ2n) is 2.54. The molecule has 0 aromatic carbocycles. The fourth-order valence-corrected chi connectivity index (χ4v) is 0.831. The van der Waals surface area contributed by atoms with E-state index in [1.165, 1.54) is 5.57 Å². The molecule has 0 radical (unpaired) electrons. The van der Waals surface area contributed by atoms with Gasteiger partial charge in [0.05, 0.1) is 0 Å². The van der Waals surface area contributed by atoms with E-state index in [1.807, 2.05) is 0 Å². The summed E-state index contributed by atoms with van der Waals surface area (Å²) in [6.07, 6.45) is 6.58. The first-order chi connectivity index (χ1) is 5.35. The standard InChI is InChI=1S/C11H18/c1-4-7-8-10-11(6-3)9-5-2/h9H,4-7H2,1-3H3. The Bertz CT molecular complexity index is 164. The van der Waals surface area contributed by atoms with Gasteiger partial charge in [0.1, 0.15) is 0 Å². The van der Waals surface area contributed by atoms with Crippen LogP contribution in [0.4, 0.5) is 0 Å². The van der Waals surface area contributed by atoms with Crippen molar-refractivity contribution in [1.29, 1.82) is 0 Å². The molecular formula is C11H18. The van der Waals surface area contributed by atoms with E-state index in [9.17, 15) is 0 Å². The van der Waals surface area contributed by atoms with Gasteiger partial charge >= 0.3 is 0 Å². The van der Waals surface area contributed by atoms with Crippen molar-refractivity contribution < 1.29 is 0 Å². The average Bonchev–Trinajstić information content (AvgIpc) is 2.03. The second kappa shape index (κ2) is 7.41. The number of hydrogen-bond acceptors (Lipinski definition) is 0. The van der Waals surface area contributed by atoms with Crippen molar-refractivity contribution in [1.82, 2.24) is 0 Å². The molecule has 62 valence electrons. The molecule has 0 aliphatic rings. The van der Waals surface area contributed by atoms with Crippen LogP contribution in [0.15, 0.2) is 11.6 Å². The molecule has 0 aromatic heterocycles. The SMILES string of the molecule is CCC=C(C#CCCC)CC.